The maximum absolute atomic E-state index is 5.85. The zero-order chi connectivity index (χ0) is 10.0. The zero-order valence-electron chi connectivity index (χ0n) is 8.99. The van der Waals surface area contributed by atoms with Gasteiger partial charge in [0, 0.05) is 19.1 Å². The Kier molecular flexibility index (Phi) is 3.23. The molecule has 4 nitrogen and oxygen atoms in total. The summed E-state index contributed by atoms with van der Waals surface area (Å²) in [6.45, 7) is 8.56. The Morgan fingerprint density at radius 3 is 2.36 bits per heavy atom. The van der Waals surface area contributed by atoms with Crippen molar-refractivity contribution in [2.45, 2.75) is 19.9 Å². The molecule has 82 valence electrons. The Morgan fingerprint density at radius 2 is 1.79 bits per heavy atom. The molecule has 0 spiro atoms. The van der Waals surface area contributed by atoms with E-state index in [2.05, 4.69) is 18.7 Å². The van der Waals surface area contributed by atoms with Crippen LogP contribution in [-0.2, 0) is 13.3 Å². The topological polar surface area (TPSA) is 30.9 Å². The highest BCUT2D eigenvalue weighted by Gasteiger charge is 2.45. The molecule has 2 fully saturated rings. The van der Waals surface area contributed by atoms with Gasteiger partial charge in [0.05, 0.1) is 19.9 Å². The first-order chi connectivity index (χ1) is 6.70. The normalized spacial score (nSPS) is 38.4. The van der Waals surface area contributed by atoms with Crippen molar-refractivity contribution in [1.82, 2.24) is 4.90 Å². The molecular formula is C9H19NO3Si. The molecule has 0 aromatic carbocycles. The van der Waals surface area contributed by atoms with E-state index in [1.165, 1.54) is 0 Å². The average molecular weight is 217 g/mol. The fourth-order valence-corrected chi connectivity index (χ4v) is 4.68. The molecule has 0 aliphatic carbocycles. The third kappa shape index (κ3) is 2.35. The highest BCUT2D eigenvalue weighted by atomic mass is 28.4. The molecule has 0 atom stereocenters. The summed E-state index contributed by atoms with van der Waals surface area (Å²) >= 11 is 0. The third-order valence-electron chi connectivity index (χ3n) is 2.58. The molecule has 14 heavy (non-hydrogen) atoms. The van der Waals surface area contributed by atoms with Gasteiger partial charge in [0.25, 0.3) is 0 Å². The fraction of sp³-hybridized carbons (Fsp3) is 1.00. The highest BCUT2D eigenvalue weighted by molar-refractivity contribution is 6.60. The van der Waals surface area contributed by atoms with Gasteiger partial charge in [-0.15, -0.1) is 0 Å². The molecule has 2 saturated heterocycles. The number of nitrogens with zero attached hydrogens (tertiary/aromatic N) is 1. The van der Waals surface area contributed by atoms with Crippen LogP contribution in [-0.4, -0.2) is 46.7 Å². The SMILES string of the molecule is CC(C)C[Si]12OCCN(CCO1)CO2. The lowest BCUT2D eigenvalue weighted by atomic mass is 10.3. The van der Waals surface area contributed by atoms with E-state index >= 15 is 0 Å². The van der Waals surface area contributed by atoms with Crippen molar-refractivity contribution in [2.75, 3.05) is 33.0 Å². The number of hydrogen-bond acceptors (Lipinski definition) is 4. The quantitative estimate of drug-likeness (QED) is 0.644. The molecule has 0 radical (unpaired) electrons. The average Bonchev–Trinajstić information content (AvgIpc) is 2.35. The van der Waals surface area contributed by atoms with Crippen molar-refractivity contribution in [3.63, 3.8) is 0 Å². The standard InChI is InChI=1S/C9H19NO3Si/c1-9(2)7-14-11-5-3-10(8-13-14)4-6-12-14/h9H,3-8H2,1-2H3. The van der Waals surface area contributed by atoms with Gasteiger partial charge in [0.15, 0.2) is 0 Å². The Balaban J connectivity index is 2.06. The van der Waals surface area contributed by atoms with Gasteiger partial charge in [-0.3, -0.25) is 4.90 Å². The van der Waals surface area contributed by atoms with Crippen LogP contribution in [0.5, 0.6) is 0 Å². The molecule has 2 aliphatic rings. The minimum absolute atomic E-state index is 0.575. The number of hydrogen-bond donors (Lipinski definition) is 0. The van der Waals surface area contributed by atoms with Crippen molar-refractivity contribution < 1.29 is 13.3 Å². The van der Waals surface area contributed by atoms with Crippen LogP contribution in [0.15, 0.2) is 0 Å². The van der Waals surface area contributed by atoms with E-state index in [1.54, 1.807) is 0 Å². The van der Waals surface area contributed by atoms with E-state index in [-0.39, 0.29) is 0 Å². The molecule has 0 amide bonds. The summed E-state index contributed by atoms with van der Waals surface area (Å²) in [7, 11) is -2.30. The lowest BCUT2D eigenvalue weighted by molar-refractivity contribution is 0.0871. The van der Waals surface area contributed by atoms with Crippen molar-refractivity contribution in [3.8, 4) is 0 Å². The van der Waals surface area contributed by atoms with E-state index in [0.29, 0.717) is 12.6 Å². The van der Waals surface area contributed by atoms with Crippen LogP contribution in [0.4, 0.5) is 0 Å². The van der Waals surface area contributed by atoms with Gasteiger partial charge < -0.3 is 13.3 Å². The first-order valence-corrected chi connectivity index (χ1v) is 7.28. The van der Waals surface area contributed by atoms with Crippen LogP contribution in [0.2, 0.25) is 6.04 Å². The van der Waals surface area contributed by atoms with E-state index in [9.17, 15) is 0 Å². The molecule has 0 aromatic rings. The van der Waals surface area contributed by atoms with Crippen molar-refractivity contribution >= 4 is 8.80 Å². The van der Waals surface area contributed by atoms with Crippen LogP contribution < -0.4 is 0 Å². The van der Waals surface area contributed by atoms with Crippen molar-refractivity contribution in [1.29, 1.82) is 0 Å². The second-order valence-electron chi connectivity index (χ2n) is 4.37. The second kappa shape index (κ2) is 4.28. The first-order valence-electron chi connectivity index (χ1n) is 5.34. The monoisotopic (exact) mass is 217 g/mol. The minimum Gasteiger partial charge on any atom is -0.372 e. The summed E-state index contributed by atoms with van der Waals surface area (Å²) in [6, 6.07) is 0.945. The van der Waals surface area contributed by atoms with Crippen LogP contribution >= 0.6 is 0 Å². The zero-order valence-corrected chi connectivity index (χ0v) is 9.99. The number of rotatable bonds is 2. The molecule has 2 rings (SSSR count). The summed E-state index contributed by atoms with van der Waals surface area (Å²) in [5.74, 6) is 0.575. The molecule has 2 bridgehead atoms. The highest BCUT2D eigenvalue weighted by Crippen LogP contribution is 2.25. The van der Waals surface area contributed by atoms with Gasteiger partial charge in [0.1, 0.15) is 0 Å². The molecule has 0 unspecified atom stereocenters. The third-order valence-corrected chi connectivity index (χ3v) is 5.76. The summed E-state index contributed by atoms with van der Waals surface area (Å²) in [5, 5.41) is 0. The Bertz CT molecular complexity index is 190. The predicted molar refractivity (Wildman–Crippen MR) is 54.8 cm³/mol. The van der Waals surface area contributed by atoms with Crippen molar-refractivity contribution in [3.05, 3.63) is 0 Å². The molecule has 2 heterocycles. The van der Waals surface area contributed by atoms with E-state index in [0.717, 1.165) is 32.3 Å². The van der Waals surface area contributed by atoms with Crippen LogP contribution in [0.3, 0.4) is 0 Å². The number of fused-ring (bicyclic) bond motifs is 3. The molecule has 0 saturated carbocycles. The largest absolute Gasteiger partial charge is 0.502 e. The summed E-state index contributed by atoms with van der Waals surface area (Å²) in [4.78, 5) is 2.25. The van der Waals surface area contributed by atoms with E-state index in [4.69, 9.17) is 13.3 Å². The maximum atomic E-state index is 5.85. The van der Waals surface area contributed by atoms with Crippen LogP contribution in [0.25, 0.3) is 0 Å². The molecule has 2 aliphatic heterocycles. The first kappa shape index (κ1) is 10.6. The fourth-order valence-electron chi connectivity index (χ4n) is 1.89. The van der Waals surface area contributed by atoms with Gasteiger partial charge >= 0.3 is 8.80 Å². The van der Waals surface area contributed by atoms with Gasteiger partial charge in [-0.1, -0.05) is 13.8 Å². The Morgan fingerprint density at radius 1 is 1.14 bits per heavy atom. The Labute approximate surface area is 86.5 Å². The maximum Gasteiger partial charge on any atom is 0.502 e. The molecule has 5 heteroatoms. The van der Waals surface area contributed by atoms with Crippen LogP contribution in [0.1, 0.15) is 13.8 Å². The van der Waals surface area contributed by atoms with Crippen LogP contribution in [0, 0.1) is 5.92 Å². The van der Waals surface area contributed by atoms with Crippen molar-refractivity contribution in [2.24, 2.45) is 5.92 Å². The lowest BCUT2D eigenvalue weighted by Gasteiger charge is -2.27. The van der Waals surface area contributed by atoms with Gasteiger partial charge in [-0.05, 0) is 5.92 Å². The minimum atomic E-state index is -2.30. The van der Waals surface area contributed by atoms with E-state index < -0.39 is 8.80 Å². The summed E-state index contributed by atoms with van der Waals surface area (Å²) in [5.41, 5.74) is 0. The molecular weight excluding hydrogens is 198 g/mol. The Hall–Kier alpha value is 0.0569. The second-order valence-corrected chi connectivity index (χ2v) is 7.01. The lowest BCUT2D eigenvalue weighted by Crippen LogP contribution is -2.46. The van der Waals surface area contributed by atoms with E-state index in [1.807, 2.05) is 0 Å². The van der Waals surface area contributed by atoms with Gasteiger partial charge in [-0.2, -0.15) is 0 Å². The molecule has 0 N–H and O–H groups in total. The van der Waals surface area contributed by atoms with Gasteiger partial charge in [-0.25, -0.2) is 0 Å². The predicted octanol–water partition coefficient (Wildman–Crippen LogP) is 0.918. The van der Waals surface area contributed by atoms with Gasteiger partial charge in [0.2, 0.25) is 0 Å². The summed E-state index contributed by atoms with van der Waals surface area (Å²) in [6.07, 6.45) is 0. The smallest absolute Gasteiger partial charge is 0.372 e. The molecule has 0 aromatic heterocycles. The summed E-state index contributed by atoms with van der Waals surface area (Å²) < 4.78 is 17.5.